The highest BCUT2D eigenvalue weighted by atomic mass is 35.5. The summed E-state index contributed by atoms with van der Waals surface area (Å²) in [7, 11) is 0. The molecule has 2 aromatic rings. The highest BCUT2D eigenvalue weighted by Crippen LogP contribution is 2.52. The Hall–Kier alpha value is -2.08. The van der Waals surface area contributed by atoms with Crippen molar-refractivity contribution in [2.75, 3.05) is 18.5 Å². The van der Waals surface area contributed by atoms with Crippen LogP contribution in [0.15, 0.2) is 36.4 Å². The van der Waals surface area contributed by atoms with Crippen LogP contribution in [0.2, 0.25) is 5.02 Å². The summed E-state index contributed by atoms with van der Waals surface area (Å²) in [6, 6.07) is 12.2. The lowest BCUT2D eigenvalue weighted by Crippen LogP contribution is -2.55. The molecule has 1 saturated carbocycles. The third-order valence-corrected chi connectivity index (χ3v) is 7.71. The van der Waals surface area contributed by atoms with Crippen LogP contribution in [0.3, 0.4) is 0 Å². The van der Waals surface area contributed by atoms with E-state index in [0.717, 1.165) is 43.6 Å². The zero-order valence-electron chi connectivity index (χ0n) is 18.2. The summed E-state index contributed by atoms with van der Waals surface area (Å²) < 4.78 is 0. The number of anilines is 1. The maximum absolute atomic E-state index is 12.5. The van der Waals surface area contributed by atoms with Crippen LogP contribution in [0.4, 0.5) is 5.69 Å². The minimum atomic E-state index is -1.02. The van der Waals surface area contributed by atoms with Gasteiger partial charge in [0.2, 0.25) is 0 Å². The van der Waals surface area contributed by atoms with E-state index in [-0.39, 0.29) is 12.1 Å². The average molecular weight is 443 g/mol. The topological polar surface area (TPSA) is 72.8 Å². The van der Waals surface area contributed by atoms with Crippen molar-refractivity contribution in [2.24, 2.45) is 0 Å². The molecule has 3 N–H and O–H groups in total. The van der Waals surface area contributed by atoms with Gasteiger partial charge in [-0.1, -0.05) is 41.4 Å². The molecule has 0 amide bonds. The van der Waals surface area contributed by atoms with Gasteiger partial charge in [0.15, 0.2) is 0 Å². The Labute approximate surface area is 189 Å². The van der Waals surface area contributed by atoms with Crippen LogP contribution in [0, 0.1) is 13.8 Å². The van der Waals surface area contributed by atoms with Gasteiger partial charge in [0.05, 0.1) is 0 Å². The highest BCUT2D eigenvalue weighted by molar-refractivity contribution is 6.31. The Bertz CT molecular complexity index is 983. The summed E-state index contributed by atoms with van der Waals surface area (Å²) in [5.41, 5.74) is 4.38. The first kappa shape index (κ1) is 22.1. The van der Waals surface area contributed by atoms with Crippen molar-refractivity contribution >= 4 is 23.3 Å². The van der Waals surface area contributed by atoms with Crippen molar-refractivity contribution < 1.29 is 15.0 Å². The van der Waals surface area contributed by atoms with Crippen molar-refractivity contribution in [2.45, 2.75) is 63.6 Å². The third kappa shape index (κ3) is 3.84. The van der Waals surface area contributed by atoms with E-state index in [1.807, 2.05) is 25.1 Å². The third-order valence-electron chi connectivity index (χ3n) is 7.30. The first-order valence-electron chi connectivity index (χ1n) is 11.0. The molecule has 1 heterocycles. The van der Waals surface area contributed by atoms with E-state index in [1.165, 1.54) is 16.7 Å². The Morgan fingerprint density at radius 3 is 2.58 bits per heavy atom. The molecule has 1 aliphatic heterocycles. The number of carbonyl (C=O) groups is 1. The molecule has 0 radical (unpaired) electrons. The summed E-state index contributed by atoms with van der Waals surface area (Å²) in [6.07, 6.45) is 3.29. The fourth-order valence-corrected chi connectivity index (χ4v) is 5.63. The van der Waals surface area contributed by atoms with Crippen LogP contribution >= 0.6 is 11.6 Å². The zero-order chi connectivity index (χ0) is 22.2. The number of aryl methyl sites for hydroxylation is 1. The number of benzene rings is 2. The lowest BCUT2D eigenvalue weighted by atomic mass is 9.69. The summed E-state index contributed by atoms with van der Waals surface area (Å²) in [5.74, 6) is -0.814. The Kier molecular flexibility index (Phi) is 6.03. The van der Waals surface area contributed by atoms with E-state index in [1.54, 1.807) is 0 Å². The van der Waals surface area contributed by atoms with E-state index in [4.69, 9.17) is 11.6 Å². The van der Waals surface area contributed by atoms with Gasteiger partial charge >= 0.3 is 5.97 Å². The number of rotatable bonds is 6. The minimum absolute atomic E-state index is 0.163. The molecule has 6 heteroatoms. The van der Waals surface area contributed by atoms with Gasteiger partial charge in [-0.3, -0.25) is 4.90 Å². The number of fused-ring (bicyclic) bond motifs is 2. The molecule has 31 heavy (non-hydrogen) atoms. The predicted molar refractivity (Wildman–Crippen MR) is 124 cm³/mol. The number of nitrogens with zero attached hydrogens (tertiary/aromatic N) is 1. The van der Waals surface area contributed by atoms with Crippen molar-refractivity contribution in [3.05, 3.63) is 63.7 Å². The number of aliphatic carboxylic acids is 1. The van der Waals surface area contributed by atoms with E-state index in [0.29, 0.717) is 17.9 Å². The molecule has 1 fully saturated rings. The summed E-state index contributed by atoms with van der Waals surface area (Å²) in [4.78, 5) is 14.9. The second kappa shape index (κ2) is 8.45. The first-order chi connectivity index (χ1) is 14.8. The molecular weight excluding hydrogens is 412 g/mol. The zero-order valence-corrected chi connectivity index (χ0v) is 19.0. The van der Waals surface area contributed by atoms with Gasteiger partial charge in [-0.2, -0.15) is 0 Å². The molecule has 1 spiro atoms. The van der Waals surface area contributed by atoms with Crippen molar-refractivity contribution in [1.29, 1.82) is 0 Å². The van der Waals surface area contributed by atoms with Crippen LogP contribution < -0.4 is 5.32 Å². The van der Waals surface area contributed by atoms with Gasteiger partial charge in [0.25, 0.3) is 0 Å². The molecule has 0 unspecified atom stereocenters. The standard InChI is InChI=1S/C25H31ClN2O3/c1-17-7-8-20-19(15-17)16-28(13-4-14-29)25(20)11-9-24(10-12-25,23(30)31)27-22-6-3-5-21(26)18(22)2/h3,5-8,15,27,29H,4,9-14,16H2,1-2H3,(H,30,31). The molecule has 0 bridgehead atoms. The molecular formula is C25H31ClN2O3. The average Bonchev–Trinajstić information content (AvgIpc) is 3.03. The Balaban J connectivity index is 1.65. The smallest absolute Gasteiger partial charge is 0.329 e. The number of nitrogens with one attached hydrogen (secondary N) is 1. The van der Waals surface area contributed by atoms with Crippen molar-refractivity contribution in [3.8, 4) is 0 Å². The van der Waals surface area contributed by atoms with Gasteiger partial charge < -0.3 is 15.5 Å². The molecule has 4 rings (SSSR count). The van der Waals surface area contributed by atoms with E-state index in [9.17, 15) is 15.0 Å². The number of hydrogen-bond donors (Lipinski definition) is 3. The first-order valence-corrected chi connectivity index (χ1v) is 11.4. The molecule has 0 saturated heterocycles. The molecule has 5 nitrogen and oxygen atoms in total. The summed E-state index contributed by atoms with van der Waals surface area (Å²) in [6.45, 7) is 5.85. The van der Waals surface area contributed by atoms with Gasteiger partial charge in [-0.15, -0.1) is 0 Å². The van der Waals surface area contributed by atoms with Crippen LogP contribution in [0.5, 0.6) is 0 Å². The Morgan fingerprint density at radius 2 is 1.90 bits per heavy atom. The minimum Gasteiger partial charge on any atom is -0.480 e. The normalized spacial score (nSPS) is 25.5. The molecule has 1 aliphatic carbocycles. The lowest BCUT2D eigenvalue weighted by Gasteiger charge is -2.48. The van der Waals surface area contributed by atoms with Crippen LogP contribution in [0.1, 0.15) is 54.4 Å². The number of aliphatic hydroxyl groups is 1. The molecule has 166 valence electrons. The SMILES string of the molecule is Cc1ccc2c(c1)CN(CCCO)C21CCC(Nc2cccc(Cl)c2C)(C(=O)O)CC1. The molecule has 0 aromatic heterocycles. The second-order valence-corrected chi connectivity index (χ2v) is 9.52. The van der Waals surface area contributed by atoms with Crippen LogP contribution in [-0.2, 0) is 16.9 Å². The summed E-state index contributed by atoms with van der Waals surface area (Å²) in [5, 5.41) is 23.6. The fourth-order valence-electron chi connectivity index (χ4n) is 5.46. The fraction of sp³-hybridized carbons (Fsp3) is 0.480. The van der Waals surface area contributed by atoms with Gasteiger partial charge in [0.1, 0.15) is 5.54 Å². The van der Waals surface area contributed by atoms with Crippen LogP contribution in [0.25, 0.3) is 0 Å². The number of carboxylic acids is 1. The number of hydrogen-bond acceptors (Lipinski definition) is 4. The number of carboxylic acid groups (broad SMARTS) is 1. The van der Waals surface area contributed by atoms with Gasteiger partial charge in [-0.25, -0.2) is 4.79 Å². The molecule has 2 aromatic carbocycles. The van der Waals surface area contributed by atoms with Gasteiger partial charge in [-0.05, 0) is 74.8 Å². The lowest BCUT2D eigenvalue weighted by molar-refractivity contribution is -0.144. The van der Waals surface area contributed by atoms with E-state index >= 15 is 0 Å². The molecule has 0 atom stereocenters. The van der Waals surface area contributed by atoms with E-state index < -0.39 is 11.5 Å². The quantitative estimate of drug-likeness (QED) is 0.595. The number of halogens is 1. The monoisotopic (exact) mass is 442 g/mol. The molecule has 2 aliphatic rings. The number of aliphatic hydroxyl groups excluding tert-OH is 1. The maximum atomic E-state index is 12.5. The second-order valence-electron chi connectivity index (χ2n) is 9.12. The van der Waals surface area contributed by atoms with E-state index in [2.05, 4.69) is 35.3 Å². The predicted octanol–water partition coefficient (Wildman–Crippen LogP) is 4.86. The largest absolute Gasteiger partial charge is 0.480 e. The van der Waals surface area contributed by atoms with Gasteiger partial charge in [0, 0.05) is 35.9 Å². The Morgan fingerprint density at radius 1 is 1.16 bits per heavy atom. The van der Waals surface area contributed by atoms with Crippen LogP contribution in [-0.4, -0.2) is 39.8 Å². The highest BCUT2D eigenvalue weighted by Gasteiger charge is 2.53. The maximum Gasteiger partial charge on any atom is 0.329 e. The van der Waals surface area contributed by atoms with Crippen molar-refractivity contribution in [1.82, 2.24) is 4.90 Å². The van der Waals surface area contributed by atoms with Crippen molar-refractivity contribution in [3.63, 3.8) is 0 Å². The summed E-state index contributed by atoms with van der Waals surface area (Å²) >= 11 is 6.28.